The van der Waals surface area contributed by atoms with Gasteiger partial charge in [0.15, 0.2) is 0 Å². The van der Waals surface area contributed by atoms with Crippen LogP contribution < -0.4 is 5.32 Å². The van der Waals surface area contributed by atoms with E-state index < -0.39 is 0 Å². The van der Waals surface area contributed by atoms with Gasteiger partial charge in [0, 0.05) is 11.6 Å². The fourth-order valence-electron chi connectivity index (χ4n) is 3.01. The molecule has 100 valence electrons. The molecule has 2 rings (SSSR count). The van der Waals surface area contributed by atoms with Crippen LogP contribution in [0.4, 0.5) is 8.78 Å². The molecule has 1 N–H and O–H groups in total. The summed E-state index contributed by atoms with van der Waals surface area (Å²) >= 11 is 0. The maximum absolute atomic E-state index is 14.0. The summed E-state index contributed by atoms with van der Waals surface area (Å²) in [6.45, 7) is 1.59. The Labute approximate surface area is 108 Å². The molecule has 1 nitrogen and oxygen atoms in total. The molecular weight excluding hydrogens is 232 g/mol. The van der Waals surface area contributed by atoms with Gasteiger partial charge in [-0.3, -0.25) is 0 Å². The predicted octanol–water partition coefficient (Wildman–Crippen LogP) is 4.11. The van der Waals surface area contributed by atoms with Gasteiger partial charge in [-0.1, -0.05) is 19.3 Å². The first-order chi connectivity index (χ1) is 8.63. The lowest BCUT2D eigenvalue weighted by molar-refractivity contribution is 0.276. The molecule has 18 heavy (non-hydrogen) atoms. The van der Waals surface area contributed by atoms with Crippen LogP contribution in [-0.2, 0) is 0 Å². The molecule has 0 saturated heterocycles. The maximum Gasteiger partial charge on any atom is 0.128 e. The largest absolute Gasteiger partial charge is 0.313 e. The third-order valence-corrected chi connectivity index (χ3v) is 4.05. The van der Waals surface area contributed by atoms with Gasteiger partial charge in [0.25, 0.3) is 0 Å². The minimum Gasteiger partial charge on any atom is -0.313 e. The van der Waals surface area contributed by atoms with Crippen LogP contribution in [-0.4, -0.2) is 7.05 Å². The Balaban J connectivity index is 2.28. The molecule has 0 aliphatic heterocycles. The standard InChI is InChI=1S/C15H21F2N/c1-10-8-14(17)12(9-13(10)16)15(18-2)11-6-4-3-5-7-11/h8-9,11,15,18H,3-7H2,1-2H3. The average Bonchev–Trinajstić information content (AvgIpc) is 2.38. The third kappa shape index (κ3) is 2.72. The van der Waals surface area contributed by atoms with E-state index >= 15 is 0 Å². The highest BCUT2D eigenvalue weighted by atomic mass is 19.1. The molecule has 0 spiro atoms. The van der Waals surface area contributed by atoms with Gasteiger partial charge in [-0.2, -0.15) is 0 Å². The summed E-state index contributed by atoms with van der Waals surface area (Å²) in [5.74, 6) is -0.193. The summed E-state index contributed by atoms with van der Waals surface area (Å²) in [4.78, 5) is 0. The van der Waals surface area contributed by atoms with Crippen molar-refractivity contribution in [1.29, 1.82) is 0 Å². The zero-order valence-corrected chi connectivity index (χ0v) is 11.1. The molecule has 0 bridgehead atoms. The smallest absolute Gasteiger partial charge is 0.128 e. The number of rotatable bonds is 3. The Kier molecular flexibility index (Phi) is 4.33. The molecular formula is C15H21F2N. The Bertz CT molecular complexity index is 411. The minimum atomic E-state index is -0.317. The Hall–Kier alpha value is -0.960. The van der Waals surface area contributed by atoms with Gasteiger partial charge < -0.3 is 5.32 Å². The van der Waals surface area contributed by atoms with Crippen molar-refractivity contribution in [1.82, 2.24) is 5.32 Å². The molecule has 0 heterocycles. The van der Waals surface area contributed by atoms with E-state index in [1.165, 1.54) is 31.4 Å². The highest BCUT2D eigenvalue weighted by molar-refractivity contribution is 5.28. The first kappa shape index (κ1) is 13.5. The van der Waals surface area contributed by atoms with Gasteiger partial charge in [0.05, 0.1) is 0 Å². The Morgan fingerprint density at radius 3 is 2.39 bits per heavy atom. The monoisotopic (exact) mass is 253 g/mol. The van der Waals surface area contributed by atoms with Crippen LogP contribution in [0.1, 0.15) is 49.3 Å². The third-order valence-electron chi connectivity index (χ3n) is 4.05. The van der Waals surface area contributed by atoms with Gasteiger partial charge in [0.1, 0.15) is 11.6 Å². The number of aryl methyl sites for hydroxylation is 1. The van der Waals surface area contributed by atoms with Gasteiger partial charge in [-0.25, -0.2) is 8.78 Å². The van der Waals surface area contributed by atoms with Crippen LogP contribution in [0, 0.1) is 24.5 Å². The molecule has 0 amide bonds. The van der Waals surface area contributed by atoms with Crippen LogP contribution in [0.2, 0.25) is 0 Å². The van der Waals surface area contributed by atoms with E-state index in [2.05, 4.69) is 5.32 Å². The summed E-state index contributed by atoms with van der Waals surface area (Å²) in [5, 5.41) is 3.17. The van der Waals surface area contributed by atoms with Gasteiger partial charge in [0.2, 0.25) is 0 Å². The molecule has 1 aliphatic carbocycles. The van der Waals surface area contributed by atoms with Crippen LogP contribution in [0.15, 0.2) is 12.1 Å². The first-order valence-electron chi connectivity index (χ1n) is 6.76. The topological polar surface area (TPSA) is 12.0 Å². The molecule has 1 saturated carbocycles. The fraction of sp³-hybridized carbons (Fsp3) is 0.600. The molecule has 1 fully saturated rings. The van der Waals surface area contributed by atoms with Crippen molar-refractivity contribution >= 4 is 0 Å². The van der Waals surface area contributed by atoms with Crippen molar-refractivity contribution in [2.45, 2.75) is 45.1 Å². The highest BCUT2D eigenvalue weighted by Crippen LogP contribution is 2.35. The second-order valence-corrected chi connectivity index (χ2v) is 5.29. The van der Waals surface area contributed by atoms with Gasteiger partial charge >= 0.3 is 0 Å². The number of hydrogen-bond donors (Lipinski definition) is 1. The molecule has 3 heteroatoms. The normalized spacial score (nSPS) is 18.9. The molecule has 1 aromatic rings. The Morgan fingerprint density at radius 2 is 1.78 bits per heavy atom. The van der Waals surface area contributed by atoms with E-state index in [9.17, 15) is 8.78 Å². The van der Waals surface area contributed by atoms with E-state index in [0.717, 1.165) is 12.8 Å². The minimum absolute atomic E-state index is 0.0691. The molecule has 1 unspecified atom stereocenters. The number of hydrogen-bond acceptors (Lipinski definition) is 1. The van der Waals surface area contributed by atoms with Crippen molar-refractivity contribution in [3.63, 3.8) is 0 Å². The molecule has 1 aliphatic rings. The van der Waals surface area contributed by atoms with Crippen LogP contribution >= 0.6 is 0 Å². The van der Waals surface area contributed by atoms with Crippen molar-refractivity contribution in [2.75, 3.05) is 7.05 Å². The van der Waals surface area contributed by atoms with Crippen LogP contribution in [0.5, 0.6) is 0 Å². The molecule has 0 aromatic heterocycles. The molecule has 1 aromatic carbocycles. The van der Waals surface area contributed by atoms with E-state index in [4.69, 9.17) is 0 Å². The summed E-state index contributed by atoms with van der Waals surface area (Å²) in [7, 11) is 1.83. The second kappa shape index (κ2) is 5.79. The molecule has 1 atom stereocenters. The second-order valence-electron chi connectivity index (χ2n) is 5.29. The summed E-state index contributed by atoms with van der Waals surface area (Å²) in [6.07, 6.45) is 5.84. The number of halogens is 2. The van der Waals surface area contributed by atoms with Crippen molar-refractivity contribution in [3.8, 4) is 0 Å². The fourth-order valence-corrected chi connectivity index (χ4v) is 3.01. The van der Waals surface area contributed by atoms with Gasteiger partial charge in [-0.05, 0) is 50.4 Å². The van der Waals surface area contributed by atoms with Crippen LogP contribution in [0.3, 0.4) is 0 Å². The zero-order chi connectivity index (χ0) is 13.1. The summed E-state index contributed by atoms with van der Waals surface area (Å²) < 4.78 is 27.6. The first-order valence-corrected chi connectivity index (χ1v) is 6.76. The average molecular weight is 253 g/mol. The summed E-state index contributed by atoms with van der Waals surface area (Å²) in [6, 6.07) is 2.60. The lowest BCUT2D eigenvalue weighted by Crippen LogP contribution is -2.28. The van der Waals surface area contributed by atoms with Crippen LogP contribution in [0.25, 0.3) is 0 Å². The van der Waals surface area contributed by atoms with Gasteiger partial charge in [-0.15, -0.1) is 0 Å². The maximum atomic E-state index is 14.0. The van der Waals surface area contributed by atoms with E-state index in [0.29, 0.717) is 17.0 Å². The Morgan fingerprint density at radius 1 is 1.11 bits per heavy atom. The lowest BCUT2D eigenvalue weighted by atomic mass is 9.81. The quantitative estimate of drug-likeness (QED) is 0.854. The number of benzene rings is 1. The molecule has 0 radical (unpaired) electrons. The van der Waals surface area contributed by atoms with E-state index in [1.807, 2.05) is 7.05 Å². The zero-order valence-electron chi connectivity index (χ0n) is 11.1. The SMILES string of the molecule is CNC(c1cc(F)c(C)cc1F)C1CCCCC1. The predicted molar refractivity (Wildman–Crippen MR) is 69.5 cm³/mol. The number of nitrogens with one attached hydrogen (secondary N) is 1. The van der Waals surface area contributed by atoms with E-state index in [-0.39, 0.29) is 17.7 Å². The lowest BCUT2D eigenvalue weighted by Gasteiger charge is -2.30. The van der Waals surface area contributed by atoms with Crippen molar-refractivity contribution < 1.29 is 8.78 Å². The van der Waals surface area contributed by atoms with Crippen molar-refractivity contribution in [2.24, 2.45) is 5.92 Å². The summed E-state index contributed by atoms with van der Waals surface area (Å²) in [5.41, 5.74) is 0.849. The van der Waals surface area contributed by atoms with Crippen molar-refractivity contribution in [3.05, 3.63) is 34.9 Å². The van der Waals surface area contributed by atoms with E-state index in [1.54, 1.807) is 6.92 Å². The highest BCUT2D eigenvalue weighted by Gasteiger charge is 2.26.